The molecular weight excluding hydrogens is 241 g/mol. The zero-order valence-corrected chi connectivity index (χ0v) is 12.7. The monoisotopic (exact) mass is 267 g/mol. The van der Waals surface area contributed by atoms with Crippen molar-refractivity contribution in [2.24, 2.45) is 0 Å². The van der Waals surface area contributed by atoms with Gasteiger partial charge in [0.15, 0.2) is 0 Å². The standard InChI is InChI=1S/C12H16FN.C4H10O/c1-4-11(14(2)3)9-10-7-5-6-8-12(10)13;1-3-4-5-2/h5-9H,4H2,1-3H3;3-4H2,1-2H3/b11-9-;. The Labute approximate surface area is 116 Å². The van der Waals surface area contributed by atoms with Crippen LogP contribution in [0.15, 0.2) is 30.0 Å². The molecule has 0 spiro atoms. The fraction of sp³-hybridized carbons (Fsp3) is 0.500. The second kappa shape index (κ2) is 10.6. The van der Waals surface area contributed by atoms with Crippen LogP contribution in [0.1, 0.15) is 32.3 Å². The Morgan fingerprint density at radius 3 is 2.26 bits per heavy atom. The molecule has 0 saturated heterocycles. The van der Waals surface area contributed by atoms with Crippen LogP contribution in [0.3, 0.4) is 0 Å². The van der Waals surface area contributed by atoms with Crippen LogP contribution in [0.2, 0.25) is 0 Å². The van der Waals surface area contributed by atoms with Gasteiger partial charge < -0.3 is 9.64 Å². The van der Waals surface area contributed by atoms with Gasteiger partial charge in [-0.05, 0) is 25.0 Å². The lowest BCUT2D eigenvalue weighted by Crippen LogP contribution is -2.10. The molecule has 0 N–H and O–H groups in total. The highest BCUT2D eigenvalue weighted by atomic mass is 19.1. The number of benzene rings is 1. The number of allylic oxidation sites excluding steroid dienone is 1. The van der Waals surface area contributed by atoms with E-state index in [-0.39, 0.29) is 5.82 Å². The lowest BCUT2D eigenvalue weighted by atomic mass is 10.1. The van der Waals surface area contributed by atoms with Crippen LogP contribution in [-0.4, -0.2) is 32.7 Å². The summed E-state index contributed by atoms with van der Waals surface area (Å²) < 4.78 is 18.0. The molecule has 1 aromatic rings. The van der Waals surface area contributed by atoms with E-state index in [1.54, 1.807) is 19.2 Å². The minimum Gasteiger partial charge on any atom is -0.385 e. The van der Waals surface area contributed by atoms with Gasteiger partial charge >= 0.3 is 0 Å². The molecule has 0 radical (unpaired) electrons. The Balaban J connectivity index is 0.000000555. The average Bonchev–Trinajstić information content (AvgIpc) is 2.39. The maximum absolute atomic E-state index is 13.3. The first kappa shape index (κ1) is 17.6. The minimum atomic E-state index is -0.166. The molecule has 0 aromatic heterocycles. The Bertz CT molecular complexity index is 373. The SMILES string of the molecule is CC/C(=C/c1ccccc1F)N(C)C.CCCOC. The Kier molecular flexibility index (Phi) is 9.81. The second-order valence-electron chi connectivity index (χ2n) is 4.40. The van der Waals surface area contributed by atoms with Crippen LogP contribution >= 0.6 is 0 Å². The molecule has 0 fully saturated rings. The third kappa shape index (κ3) is 7.62. The number of ether oxygens (including phenoxy) is 1. The molecule has 0 aliphatic rings. The summed E-state index contributed by atoms with van der Waals surface area (Å²) in [6.45, 7) is 5.04. The maximum atomic E-state index is 13.3. The van der Waals surface area contributed by atoms with Crippen molar-refractivity contribution in [2.75, 3.05) is 27.8 Å². The normalized spacial score (nSPS) is 10.7. The molecule has 0 aliphatic carbocycles. The number of hydrogen-bond acceptors (Lipinski definition) is 2. The van der Waals surface area contributed by atoms with Crippen LogP contribution in [0, 0.1) is 5.82 Å². The van der Waals surface area contributed by atoms with Crippen LogP contribution in [-0.2, 0) is 4.74 Å². The Morgan fingerprint density at radius 1 is 1.26 bits per heavy atom. The quantitative estimate of drug-likeness (QED) is 0.793. The summed E-state index contributed by atoms with van der Waals surface area (Å²) in [7, 11) is 5.65. The molecule has 2 nitrogen and oxygen atoms in total. The number of rotatable bonds is 5. The maximum Gasteiger partial charge on any atom is 0.130 e. The van der Waals surface area contributed by atoms with Gasteiger partial charge in [-0.3, -0.25) is 0 Å². The number of hydrogen-bond donors (Lipinski definition) is 0. The Hall–Kier alpha value is -1.35. The van der Waals surface area contributed by atoms with Crippen molar-refractivity contribution in [3.8, 4) is 0 Å². The van der Waals surface area contributed by atoms with Gasteiger partial charge in [-0.15, -0.1) is 0 Å². The third-order valence-electron chi connectivity index (χ3n) is 2.57. The van der Waals surface area contributed by atoms with Gasteiger partial charge in [0.25, 0.3) is 0 Å². The number of nitrogens with zero attached hydrogens (tertiary/aromatic N) is 1. The summed E-state index contributed by atoms with van der Waals surface area (Å²) in [6.07, 6.45) is 3.91. The van der Waals surface area contributed by atoms with Crippen molar-refractivity contribution in [3.63, 3.8) is 0 Å². The van der Waals surface area contributed by atoms with Crippen LogP contribution in [0.5, 0.6) is 0 Å². The van der Waals surface area contributed by atoms with Gasteiger partial charge in [0.2, 0.25) is 0 Å². The van der Waals surface area contributed by atoms with Crippen molar-refractivity contribution in [3.05, 3.63) is 41.3 Å². The molecule has 0 aliphatic heterocycles. The summed E-state index contributed by atoms with van der Waals surface area (Å²) in [5.74, 6) is -0.166. The van der Waals surface area contributed by atoms with E-state index in [1.807, 2.05) is 31.1 Å². The van der Waals surface area contributed by atoms with Gasteiger partial charge in [-0.1, -0.05) is 32.0 Å². The van der Waals surface area contributed by atoms with Gasteiger partial charge in [0.05, 0.1) is 0 Å². The van der Waals surface area contributed by atoms with E-state index in [4.69, 9.17) is 4.74 Å². The Morgan fingerprint density at radius 2 is 1.89 bits per heavy atom. The first-order chi connectivity index (χ1) is 9.06. The van der Waals surface area contributed by atoms with E-state index in [0.29, 0.717) is 5.56 Å². The van der Waals surface area contributed by atoms with Crippen LogP contribution < -0.4 is 0 Å². The molecule has 0 saturated carbocycles. The second-order valence-corrected chi connectivity index (χ2v) is 4.40. The summed E-state index contributed by atoms with van der Waals surface area (Å²) in [6, 6.07) is 6.81. The lowest BCUT2D eigenvalue weighted by Gasteiger charge is -2.15. The molecule has 19 heavy (non-hydrogen) atoms. The summed E-state index contributed by atoms with van der Waals surface area (Å²) in [5.41, 5.74) is 1.77. The third-order valence-corrected chi connectivity index (χ3v) is 2.57. The molecule has 1 aromatic carbocycles. The first-order valence-electron chi connectivity index (χ1n) is 6.68. The molecule has 0 atom stereocenters. The predicted molar refractivity (Wildman–Crippen MR) is 80.5 cm³/mol. The highest BCUT2D eigenvalue weighted by Gasteiger charge is 2.00. The van der Waals surface area contributed by atoms with Gasteiger partial charge in [0.1, 0.15) is 5.82 Å². The molecule has 3 heteroatoms. The summed E-state index contributed by atoms with van der Waals surface area (Å²) >= 11 is 0. The zero-order valence-electron chi connectivity index (χ0n) is 12.7. The van der Waals surface area contributed by atoms with E-state index < -0.39 is 0 Å². The average molecular weight is 267 g/mol. The van der Waals surface area contributed by atoms with Crippen molar-refractivity contribution < 1.29 is 9.13 Å². The highest BCUT2D eigenvalue weighted by molar-refractivity contribution is 5.52. The molecule has 108 valence electrons. The molecular formula is C16H26FNO. The van der Waals surface area contributed by atoms with E-state index in [9.17, 15) is 4.39 Å². The molecule has 0 heterocycles. The number of methoxy groups -OCH3 is 1. The molecule has 0 unspecified atom stereocenters. The van der Waals surface area contributed by atoms with Gasteiger partial charge in [-0.2, -0.15) is 0 Å². The summed E-state index contributed by atoms with van der Waals surface area (Å²) in [4.78, 5) is 2.01. The lowest BCUT2D eigenvalue weighted by molar-refractivity contribution is 0.199. The van der Waals surface area contributed by atoms with E-state index >= 15 is 0 Å². The van der Waals surface area contributed by atoms with Crippen molar-refractivity contribution in [1.29, 1.82) is 0 Å². The van der Waals surface area contributed by atoms with E-state index in [0.717, 1.165) is 25.1 Å². The smallest absolute Gasteiger partial charge is 0.130 e. The molecule has 0 bridgehead atoms. The zero-order chi connectivity index (χ0) is 14.7. The predicted octanol–water partition coefficient (Wildman–Crippen LogP) is 4.18. The largest absolute Gasteiger partial charge is 0.385 e. The van der Waals surface area contributed by atoms with E-state index in [1.165, 1.54) is 6.07 Å². The van der Waals surface area contributed by atoms with Gasteiger partial charge in [0, 0.05) is 39.1 Å². The fourth-order valence-electron chi connectivity index (χ4n) is 1.52. The number of halogens is 1. The molecule has 1 rings (SSSR count). The van der Waals surface area contributed by atoms with Crippen molar-refractivity contribution in [2.45, 2.75) is 26.7 Å². The summed E-state index contributed by atoms with van der Waals surface area (Å²) in [5, 5.41) is 0. The van der Waals surface area contributed by atoms with Crippen LogP contribution in [0.4, 0.5) is 4.39 Å². The highest BCUT2D eigenvalue weighted by Crippen LogP contribution is 2.14. The van der Waals surface area contributed by atoms with Crippen molar-refractivity contribution >= 4 is 6.08 Å². The first-order valence-corrected chi connectivity index (χ1v) is 6.68. The molecule has 0 amide bonds. The van der Waals surface area contributed by atoms with Gasteiger partial charge in [-0.25, -0.2) is 4.39 Å². The minimum absolute atomic E-state index is 0.166. The van der Waals surface area contributed by atoms with Crippen molar-refractivity contribution in [1.82, 2.24) is 4.90 Å². The topological polar surface area (TPSA) is 12.5 Å². The van der Waals surface area contributed by atoms with Crippen LogP contribution in [0.25, 0.3) is 6.08 Å². The fourth-order valence-corrected chi connectivity index (χ4v) is 1.52. The van der Waals surface area contributed by atoms with E-state index in [2.05, 4.69) is 13.8 Å².